The Labute approximate surface area is 166 Å². The molecule has 6 nitrogen and oxygen atoms in total. The molecule has 0 radical (unpaired) electrons. The third-order valence-electron chi connectivity index (χ3n) is 5.83. The van der Waals surface area contributed by atoms with Crippen molar-refractivity contribution < 1.29 is 9.90 Å². The minimum atomic E-state index is -0.467. The number of amides is 1. The highest BCUT2D eigenvalue weighted by Crippen LogP contribution is 2.31. The molecule has 28 heavy (non-hydrogen) atoms. The topological polar surface area (TPSA) is 59.9 Å². The van der Waals surface area contributed by atoms with Crippen LogP contribution in [0.25, 0.3) is 0 Å². The van der Waals surface area contributed by atoms with Gasteiger partial charge in [-0.2, -0.15) is 0 Å². The molecule has 2 aliphatic rings. The lowest BCUT2D eigenvalue weighted by molar-refractivity contribution is -0.116. The van der Waals surface area contributed by atoms with Gasteiger partial charge in [-0.05, 0) is 42.2 Å². The van der Waals surface area contributed by atoms with Crippen molar-refractivity contribution in [3.8, 4) is 0 Å². The first-order chi connectivity index (χ1) is 13.6. The molecule has 1 unspecified atom stereocenters. The molecule has 1 aromatic heterocycles. The van der Waals surface area contributed by atoms with Crippen LogP contribution < -0.4 is 9.80 Å². The van der Waals surface area contributed by atoms with Gasteiger partial charge in [0.15, 0.2) is 0 Å². The van der Waals surface area contributed by atoms with E-state index in [4.69, 9.17) is 0 Å². The number of rotatable bonds is 5. The monoisotopic (exact) mass is 380 g/mol. The summed E-state index contributed by atoms with van der Waals surface area (Å²) in [7, 11) is 0. The number of benzene rings is 1. The van der Waals surface area contributed by atoms with E-state index < -0.39 is 6.10 Å². The molecule has 6 heteroatoms. The molecule has 1 N–H and O–H groups in total. The fourth-order valence-electron chi connectivity index (χ4n) is 4.17. The maximum atomic E-state index is 11.7. The molecule has 0 spiro atoms. The van der Waals surface area contributed by atoms with Crippen molar-refractivity contribution in [2.45, 2.75) is 25.9 Å². The highest BCUT2D eigenvalue weighted by Gasteiger charge is 2.24. The van der Waals surface area contributed by atoms with Gasteiger partial charge in [0.1, 0.15) is 5.82 Å². The number of nitrogens with zero attached hydrogens (tertiary/aromatic N) is 4. The highest BCUT2D eigenvalue weighted by molar-refractivity contribution is 5.93. The second kappa shape index (κ2) is 8.29. The van der Waals surface area contributed by atoms with E-state index in [1.54, 1.807) is 6.92 Å². The Morgan fingerprint density at radius 3 is 2.68 bits per heavy atom. The number of fused-ring (bicyclic) bond motifs is 1. The lowest BCUT2D eigenvalue weighted by atomic mass is 10.0. The Balaban J connectivity index is 1.28. The van der Waals surface area contributed by atoms with Crippen molar-refractivity contribution in [3.05, 3.63) is 53.7 Å². The van der Waals surface area contributed by atoms with Gasteiger partial charge in [0.25, 0.3) is 0 Å². The number of anilines is 2. The summed E-state index contributed by atoms with van der Waals surface area (Å²) in [5.41, 5.74) is 3.11. The van der Waals surface area contributed by atoms with E-state index in [1.165, 1.54) is 0 Å². The van der Waals surface area contributed by atoms with Crippen LogP contribution in [0, 0.1) is 0 Å². The van der Waals surface area contributed by atoms with Gasteiger partial charge >= 0.3 is 0 Å². The SMILES string of the molecule is CC(=O)N1CCc2cc(C(O)CCN3CCN(c4ccccn4)CC3)ccc21. The van der Waals surface area contributed by atoms with Crippen LogP contribution >= 0.6 is 0 Å². The van der Waals surface area contributed by atoms with Crippen molar-refractivity contribution in [3.63, 3.8) is 0 Å². The summed E-state index contributed by atoms with van der Waals surface area (Å²) in [6, 6.07) is 12.0. The molecule has 148 valence electrons. The summed E-state index contributed by atoms with van der Waals surface area (Å²) in [5, 5.41) is 10.7. The Morgan fingerprint density at radius 1 is 1.14 bits per heavy atom. The molecule has 4 rings (SSSR count). The summed E-state index contributed by atoms with van der Waals surface area (Å²) in [5.74, 6) is 1.12. The van der Waals surface area contributed by atoms with Gasteiger partial charge in [0.2, 0.25) is 5.91 Å². The van der Waals surface area contributed by atoms with Crippen molar-refractivity contribution >= 4 is 17.4 Å². The molecular formula is C22H28N4O2. The van der Waals surface area contributed by atoms with E-state index in [0.29, 0.717) is 0 Å². The normalized spacial score (nSPS) is 18.2. The second-order valence-corrected chi connectivity index (χ2v) is 7.63. The Hall–Kier alpha value is -2.44. The maximum absolute atomic E-state index is 11.7. The molecular weight excluding hydrogens is 352 g/mol. The standard InChI is InChI=1S/C22H28N4O2/c1-17(27)26-11-7-18-16-19(5-6-20(18)26)21(28)8-10-24-12-14-25(15-13-24)22-4-2-3-9-23-22/h2-6,9,16,21,28H,7-8,10-15H2,1H3. The lowest BCUT2D eigenvalue weighted by Gasteiger charge is -2.35. The van der Waals surface area contributed by atoms with E-state index >= 15 is 0 Å². The summed E-state index contributed by atoms with van der Waals surface area (Å²) in [6.45, 7) is 7.13. The number of aromatic nitrogens is 1. The predicted octanol–water partition coefficient (Wildman–Crippen LogP) is 2.24. The predicted molar refractivity (Wildman–Crippen MR) is 111 cm³/mol. The molecule has 2 aliphatic heterocycles. The van der Waals surface area contributed by atoms with Crippen LogP contribution in [0.2, 0.25) is 0 Å². The number of carbonyl (C=O) groups excluding carboxylic acids is 1. The van der Waals surface area contributed by atoms with Gasteiger partial charge in [-0.3, -0.25) is 9.69 Å². The van der Waals surface area contributed by atoms with Gasteiger partial charge in [-0.25, -0.2) is 4.98 Å². The molecule has 0 saturated carbocycles. The molecule has 3 heterocycles. The Kier molecular flexibility index (Phi) is 5.59. The second-order valence-electron chi connectivity index (χ2n) is 7.63. The summed E-state index contributed by atoms with van der Waals surface area (Å²) >= 11 is 0. The van der Waals surface area contributed by atoms with Gasteiger partial charge in [0.05, 0.1) is 6.10 Å². The average Bonchev–Trinajstić information content (AvgIpc) is 3.16. The Bertz CT molecular complexity index is 819. The molecule has 1 amide bonds. The maximum Gasteiger partial charge on any atom is 0.223 e. The van der Waals surface area contributed by atoms with E-state index in [0.717, 1.165) is 74.7 Å². The number of carbonyl (C=O) groups is 1. The third-order valence-corrected chi connectivity index (χ3v) is 5.83. The number of aliphatic hydroxyl groups excluding tert-OH is 1. The van der Waals surface area contributed by atoms with Crippen LogP contribution in [0.3, 0.4) is 0 Å². The van der Waals surface area contributed by atoms with E-state index in [9.17, 15) is 9.90 Å². The first-order valence-corrected chi connectivity index (χ1v) is 10.1. The minimum absolute atomic E-state index is 0.0805. The van der Waals surface area contributed by atoms with Crippen LogP contribution in [-0.2, 0) is 11.2 Å². The van der Waals surface area contributed by atoms with Crippen LogP contribution in [0.4, 0.5) is 11.5 Å². The van der Waals surface area contributed by atoms with Gasteiger partial charge in [0, 0.05) is 58.1 Å². The zero-order valence-corrected chi connectivity index (χ0v) is 16.4. The summed E-state index contributed by atoms with van der Waals surface area (Å²) < 4.78 is 0. The fourth-order valence-corrected chi connectivity index (χ4v) is 4.17. The van der Waals surface area contributed by atoms with Gasteiger partial charge < -0.3 is 14.9 Å². The number of aliphatic hydroxyl groups is 1. The van der Waals surface area contributed by atoms with E-state index in [1.807, 2.05) is 35.4 Å². The van der Waals surface area contributed by atoms with Crippen LogP contribution in [0.15, 0.2) is 42.6 Å². The molecule has 1 saturated heterocycles. The van der Waals surface area contributed by atoms with Crippen LogP contribution in [-0.4, -0.2) is 60.2 Å². The molecule has 1 atom stereocenters. The van der Waals surface area contributed by atoms with Crippen LogP contribution in [0.1, 0.15) is 30.6 Å². The van der Waals surface area contributed by atoms with Crippen molar-refractivity contribution in [1.29, 1.82) is 0 Å². The largest absolute Gasteiger partial charge is 0.388 e. The number of piperazine rings is 1. The average molecular weight is 380 g/mol. The van der Waals surface area contributed by atoms with Crippen LogP contribution in [0.5, 0.6) is 0 Å². The number of hydrogen-bond acceptors (Lipinski definition) is 5. The lowest BCUT2D eigenvalue weighted by Crippen LogP contribution is -2.47. The highest BCUT2D eigenvalue weighted by atomic mass is 16.3. The number of hydrogen-bond donors (Lipinski definition) is 1. The third kappa shape index (κ3) is 4.03. The number of pyridine rings is 1. The molecule has 2 aromatic rings. The fraction of sp³-hybridized carbons (Fsp3) is 0.455. The molecule has 1 fully saturated rings. The van der Waals surface area contributed by atoms with Crippen molar-refractivity contribution in [2.24, 2.45) is 0 Å². The van der Waals surface area contributed by atoms with Crippen molar-refractivity contribution in [2.75, 3.05) is 49.1 Å². The Morgan fingerprint density at radius 2 is 1.96 bits per heavy atom. The smallest absolute Gasteiger partial charge is 0.223 e. The van der Waals surface area contributed by atoms with Gasteiger partial charge in [-0.15, -0.1) is 0 Å². The first-order valence-electron chi connectivity index (χ1n) is 10.1. The first kappa shape index (κ1) is 18.9. The quantitative estimate of drug-likeness (QED) is 0.862. The summed E-state index contributed by atoms with van der Waals surface area (Å²) in [4.78, 5) is 22.6. The molecule has 0 bridgehead atoms. The van der Waals surface area contributed by atoms with Crippen molar-refractivity contribution in [1.82, 2.24) is 9.88 Å². The molecule has 0 aliphatic carbocycles. The van der Waals surface area contributed by atoms with E-state index in [2.05, 4.69) is 26.9 Å². The zero-order valence-electron chi connectivity index (χ0n) is 16.4. The van der Waals surface area contributed by atoms with Gasteiger partial charge in [-0.1, -0.05) is 18.2 Å². The molecule has 1 aromatic carbocycles. The summed E-state index contributed by atoms with van der Waals surface area (Å²) in [6.07, 6.45) is 2.96. The minimum Gasteiger partial charge on any atom is -0.388 e. The zero-order chi connectivity index (χ0) is 19.5. The van der Waals surface area contributed by atoms with E-state index in [-0.39, 0.29) is 5.91 Å².